The summed E-state index contributed by atoms with van der Waals surface area (Å²) in [6, 6.07) is 9.59. The molecule has 1 fully saturated rings. The average Bonchev–Trinajstić information content (AvgIpc) is 3.10. The Kier molecular flexibility index (Phi) is 13.0. The first-order valence-electron chi connectivity index (χ1n) is 12.1. The van der Waals surface area contributed by atoms with Gasteiger partial charge in [0.15, 0.2) is 0 Å². The van der Waals surface area contributed by atoms with E-state index in [1.54, 1.807) is 0 Å². The van der Waals surface area contributed by atoms with Crippen LogP contribution in [-0.2, 0) is 0 Å². The summed E-state index contributed by atoms with van der Waals surface area (Å²) in [7, 11) is 0. The molecule has 0 aliphatic heterocycles. The van der Waals surface area contributed by atoms with Crippen molar-refractivity contribution in [2.45, 2.75) is 111 Å². The highest BCUT2D eigenvalue weighted by Gasteiger charge is 2.30. The largest absolute Gasteiger partial charge is 0.0995 e. The van der Waals surface area contributed by atoms with Crippen LogP contribution in [0.25, 0.3) is 0 Å². The molecule has 158 valence electrons. The summed E-state index contributed by atoms with van der Waals surface area (Å²) in [6.07, 6.45) is 17.6. The van der Waals surface area contributed by atoms with Crippen molar-refractivity contribution in [1.82, 2.24) is 0 Å². The molecule has 0 spiro atoms. The summed E-state index contributed by atoms with van der Waals surface area (Å²) in [6.45, 7) is 15.3. The normalized spacial score (nSPS) is 20.2. The molecule has 3 atom stereocenters. The van der Waals surface area contributed by atoms with Crippen molar-refractivity contribution in [2.24, 2.45) is 5.92 Å². The van der Waals surface area contributed by atoms with Crippen LogP contribution in [0, 0.1) is 5.92 Å². The zero-order valence-electron chi connectivity index (χ0n) is 19.5. The smallest absolute Gasteiger partial charge is 0.00904 e. The van der Waals surface area contributed by atoms with E-state index >= 15 is 0 Å². The first-order chi connectivity index (χ1) is 13.7. The van der Waals surface area contributed by atoms with Crippen LogP contribution in [0.5, 0.6) is 0 Å². The first kappa shape index (κ1) is 24.7. The Morgan fingerprint density at radius 1 is 1.00 bits per heavy atom. The van der Waals surface area contributed by atoms with E-state index in [0.29, 0.717) is 17.8 Å². The van der Waals surface area contributed by atoms with Gasteiger partial charge < -0.3 is 0 Å². The fourth-order valence-corrected chi connectivity index (χ4v) is 4.36. The minimum atomic E-state index is 0.640. The van der Waals surface area contributed by atoms with Gasteiger partial charge in [0.25, 0.3) is 0 Å². The quantitative estimate of drug-likeness (QED) is 0.264. The minimum Gasteiger partial charge on any atom is -0.0995 e. The van der Waals surface area contributed by atoms with E-state index in [-0.39, 0.29) is 0 Å². The van der Waals surface area contributed by atoms with E-state index < -0.39 is 0 Å². The molecule has 2 rings (SSSR count). The van der Waals surface area contributed by atoms with Crippen LogP contribution in [0.1, 0.15) is 122 Å². The molecule has 0 radical (unpaired) electrons. The van der Waals surface area contributed by atoms with Gasteiger partial charge in [0.05, 0.1) is 0 Å². The van der Waals surface area contributed by atoms with Crippen molar-refractivity contribution in [3.63, 3.8) is 0 Å². The Balaban J connectivity index is 0.00000190. The lowest BCUT2D eigenvalue weighted by Gasteiger charge is -2.21. The van der Waals surface area contributed by atoms with Gasteiger partial charge in [-0.1, -0.05) is 115 Å². The van der Waals surface area contributed by atoms with Crippen LogP contribution in [-0.4, -0.2) is 0 Å². The highest BCUT2D eigenvalue weighted by atomic mass is 14.3. The number of benzene rings is 1. The fourth-order valence-electron chi connectivity index (χ4n) is 4.36. The Labute approximate surface area is 176 Å². The molecule has 3 unspecified atom stereocenters. The highest BCUT2D eigenvalue weighted by molar-refractivity contribution is 5.31. The first-order valence-corrected chi connectivity index (χ1v) is 12.1. The van der Waals surface area contributed by atoms with Gasteiger partial charge in [0, 0.05) is 0 Å². The number of rotatable bonds is 11. The third-order valence-corrected chi connectivity index (χ3v) is 6.24. The number of allylic oxidation sites excluding steroid dienone is 3. The van der Waals surface area contributed by atoms with Gasteiger partial charge in [-0.3, -0.25) is 0 Å². The van der Waals surface area contributed by atoms with Crippen LogP contribution in [0.15, 0.2) is 48.6 Å². The molecule has 0 N–H and O–H groups in total. The number of unbranched alkanes of at least 4 members (excludes halogenated alkanes) is 4. The lowest BCUT2D eigenvalue weighted by Crippen LogP contribution is -2.07. The summed E-state index contributed by atoms with van der Waals surface area (Å²) in [5, 5.41) is 0. The molecular weight excluding hydrogens is 336 g/mol. The third kappa shape index (κ3) is 7.98. The zero-order chi connectivity index (χ0) is 20.8. The Hall–Kier alpha value is -1.30. The van der Waals surface area contributed by atoms with Crippen LogP contribution < -0.4 is 0 Å². The predicted octanol–water partition coefficient (Wildman–Crippen LogP) is 9.58. The fraction of sp³-hybridized carbons (Fsp3) is 0.643. The summed E-state index contributed by atoms with van der Waals surface area (Å²) >= 11 is 0. The monoisotopic (exact) mass is 382 g/mol. The van der Waals surface area contributed by atoms with Crippen molar-refractivity contribution < 1.29 is 0 Å². The Morgan fingerprint density at radius 3 is 2.32 bits per heavy atom. The van der Waals surface area contributed by atoms with Crippen molar-refractivity contribution >= 4 is 0 Å². The highest BCUT2D eigenvalue weighted by Crippen LogP contribution is 2.44. The van der Waals surface area contributed by atoms with E-state index in [1.807, 2.05) is 13.8 Å². The van der Waals surface area contributed by atoms with Gasteiger partial charge in [-0.05, 0) is 61.0 Å². The summed E-state index contributed by atoms with van der Waals surface area (Å²) in [4.78, 5) is 0. The molecule has 28 heavy (non-hydrogen) atoms. The molecule has 1 aromatic rings. The molecule has 0 heteroatoms. The Morgan fingerprint density at radius 2 is 1.68 bits per heavy atom. The van der Waals surface area contributed by atoms with Gasteiger partial charge in [-0.25, -0.2) is 0 Å². The van der Waals surface area contributed by atoms with Gasteiger partial charge in [-0.2, -0.15) is 0 Å². The minimum absolute atomic E-state index is 0.640. The maximum absolute atomic E-state index is 4.38. The van der Waals surface area contributed by atoms with Crippen LogP contribution in [0.4, 0.5) is 0 Å². The van der Waals surface area contributed by atoms with E-state index in [2.05, 4.69) is 63.8 Å². The van der Waals surface area contributed by atoms with Gasteiger partial charge in [0.2, 0.25) is 0 Å². The SMILES string of the molecule is C=C1CCC(c2ccc(C(C)CCCCC)cc2)C1C/C=C\CCCC.CC. The summed E-state index contributed by atoms with van der Waals surface area (Å²) in [5.41, 5.74) is 4.50. The Bertz CT molecular complexity index is 548. The molecule has 1 aliphatic rings. The third-order valence-electron chi connectivity index (χ3n) is 6.24. The molecule has 0 saturated heterocycles. The average molecular weight is 383 g/mol. The second-order valence-corrected chi connectivity index (χ2v) is 8.32. The summed E-state index contributed by atoms with van der Waals surface area (Å²) < 4.78 is 0. The summed E-state index contributed by atoms with van der Waals surface area (Å²) in [5.74, 6) is 2.00. The molecule has 1 aliphatic carbocycles. The van der Waals surface area contributed by atoms with Gasteiger partial charge in [-0.15, -0.1) is 0 Å². The molecule has 0 heterocycles. The number of hydrogen-bond donors (Lipinski definition) is 0. The van der Waals surface area contributed by atoms with Crippen molar-refractivity contribution in [2.75, 3.05) is 0 Å². The van der Waals surface area contributed by atoms with E-state index in [0.717, 1.165) is 0 Å². The lowest BCUT2D eigenvalue weighted by atomic mass is 9.84. The van der Waals surface area contributed by atoms with Crippen molar-refractivity contribution in [3.8, 4) is 0 Å². The zero-order valence-corrected chi connectivity index (χ0v) is 19.5. The standard InChI is InChI=1S/C26H40.C2H6/c1-5-7-9-10-12-14-25-22(4)15-20-26(25)24-18-16-23(17-19-24)21(3)13-11-8-6-2;1-2/h10,12,16-19,21,25-26H,4-9,11,13-15,20H2,1-3H3;1-2H3/b12-10-;. The predicted molar refractivity (Wildman–Crippen MR) is 128 cm³/mol. The maximum atomic E-state index is 4.38. The molecule has 0 amide bonds. The van der Waals surface area contributed by atoms with Crippen molar-refractivity contribution in [3.05, 3.63) is 59.7 Å². The second kappa shape index (κ2) is 14.7. The molecule has 1 aromatic carbocycles. The lowest BCUT2D eigenvalue weighted by molar-refractivity contribution is 0.543. The maximum Gasteiger partial charge on any atom is -0.00904 e. The van der Waals surface area contributed by atoms with Crippen LogP contribution in [0.3, 0.4) is 0 Å². The van der Waals surface area contributed by atoms with E-state index in [1.165, 1.54) is 80.9 Å². The van der Waals surface area contributed by atoms with Crippen LogP contribution >= 0.6 is 0 Å². The van der Waals surface area contributed by atoms with E-state index in [4.69, 9.17) is 0 Å². The molecular formula is C28H46. The molecule has 0 bridgehead atoms. The molecule has 0 aromatic heterocycles. The van der Waals surface area contributed by atoms with E-state index in [9.17, 15) is 0 Å². The topological polar surface area (TPSA) is 0 Å². The second-order valence-electron chi connectivity index (χ2n) is 8.32. The van der Waals surface area contributed by atoms with Gasteiger partial charge in [0.1, 0.15) is 0 Å². The van der Waals surface area contributed by atoms with Crippen LogP contribution in [0.2, 0.25) is 0 Å². The number of hydrogen-bond acceptors (Lipinski definition) is 0. The van der Waals surface area contributed by atoms with Crippen molar-refractivity contribution in [1.29, 1.82) is 0 Å². The molecule has 1 saturated carbocycles. The molecule has 0 nitrogen and oxygen atoms in total. The van der Waals surface area contributed by atoms with Gasteiger partial charge >= 0.3 is 0 Å².